The molecule has 0 spiro atoms. The molecule has 2 aromatic heterocycles. The van der Waals surface area contributed by atoms with Crippen molar-refractivity contribution in [2.75, 3.05) is 0 Å². The van der Waals surface area contributed by atoms with Gasteiger partial charge < -0.3 is 10.1 Å². The van der Waals surface area contributed by atoms with E-state index in [2.05, 4.69) is 36.2 Å². The van der Waals surface area contributed by atoms with Crippen LogP contribution in [0.15, 0.2) is 46.6 Å². The fourth-order valence-electron chi connectivity index (χ4n) is 3.53. The first-order chi connectivity index (χ1) is 12.6. The van der Waals surface area contributed by atoms with Gasteiger partial charge in [0.05, 0.1) is 17.1 Å². The lowest BCUT2D eigenvalue weighted by atomic mass is 9.93. The lowest BCUT2D eigenvalue weighted by molar-refractivity contribution is 0.282. The van der Waals surface area contributed by atoms with Crippen LogP contribution < -0.4 is 5.56 Å². The number of hydrogen-bond donors (Lipinski definition) is 2. The van der Waals surface area contributed by atoms with Crippen LogP contribution in [0, 0.1) is 0 Å². The summed E-state index contributed by atoms with van der Waals surface area (Å²) < 4.78 is 0.674. The molecule has 26 heavy (non-hydrogen) atoms. The molecule has 2 aromatic carbocycles. The average molecular weight is 384 g/mol. The van der Waals surface area contributed by atoms with E-state index in [4.69, 9.17) is 11.6 Å². The van der Waals surface area contributed by atoms with Crippen LogP contribution >= 0.6 is 22.9 Å². The van der Waals surface area contributed by atoms with E-state index in [-0.39, 0.29) is 12.2 Å². The first-order valence-electron chi connectivity index (χ1n) is 8.58. The Bertz CT molecular complexity index is 1160. The Morgan fingerprint density at radius 2 is 1.96 bits per heavy atom. The maximum absolute atomic E-state index is 12.4. The van der Waals surface area contributed by atoms with Crippen LogP contribution in [0.1, 0.15) is 24.5 Å². The molecule has 0 saturated heterocycles. The lowest BCUT2D eigenvalue weighted by Crippen LogP contribution is -2.06. The van der Waals surface area contributed by atoms with E-state index in [1.54, 1.807) is 6.07 Å². The summed E-state index contributed by atoms with van der Waals surface area (Å²) in [6.45, 7) is 2.04. The van der Waals surface area contributed by atoms with Crippen molar-refractivity contribution in [3.05, 3.63) is 68.3 Å². The van der Waals surface area contributed by atoms with E-state index < -0.39 is 0 Å². The molecule has 0 fully saturated rings. The topological polar surface area (TPSA) is 53.1 Å². The highest BCUT2D eigenvalue weighted by Gasteiger charge is 2.18. The number of pyridine rings is 1. The SMILES string of the molecule is CCCc1ccc(-c2c(CO)cc(Cl)c3[nH]c(=O)c4sccc4c23)cc1. The summed E-state index contributed by atoms with van der Waals surface area (Å²) in [5.41, 5.74) is 4.46. The number of halogens is 1. The zero-order chi connectivity index (χ0) is 18.3. The minimum Gasteiger partial charge on any atom is -0.392 e. The average Bonchev–Trinajstić information content (AvgIpc) is 3.14. The normalized spacial score (nSPS) is 11.5. The number of H-pyrrole nitrogens is 1. The monoisotopic (exact) mass is 383 g/mol. The number of aromatic amines is 1. The zero-order valence-electron chi connectivity index (χ0n) is 14.3. The summed E-state index contributed by atoms with van der Waals surface area (Å²) in [7, 11) is 0. The molecule has 0 radical (unpaired) electrons. The molecule has 2 N–H and O–H groups in total. The first kappa shape index (κ1) is 17.3. The molecule has 0 aliphatic carbocycles. The maximum Gasteiger partial charge on any atom is 0.266 e. The molecule has 132 valence electrons. The van der Waals surface area contributed by atoms with E-state index in [1.807, 2.05) is 11.4 Å². The van der Waals surface area contributed by atoms with Crippen LogP contribution in [0.3, 0.4) is 0 Å². The van der Waals surface area contributed by atoms with Gasteiger partial charge in [0.2, 0.25) is 0 Å². The lowest BCUT2D eigenvalue weighted by Gasteiger charge is -2.15. The van der Waals surface area contributed by atoms with Crippen LogP contribution in [0.5, 0.6) is 0 Å². The van der Waals surface area contributed by atoms with Gasteiger partial charge in [-0.3, -0.25) is 4.79 Å². The zero-order valence-corrected chi connectivity index (χ0v) is 15.9. The van der Waals surface area contributed by atoms with Crippen molar-refractivity contribution in [1.82, 2.24) is 4.98 Å². The van der Waals surface area contributed by atoms with Crippen molar-refractivity contribution in [2.24, 2.45) is 0 Å². The molecule has 4 rings (SSSR count). The minimum atomic E-state index is -0.134. The van der Waals surface area contributed by atoms with Crippen molar-refractivity contribution in [2.45, 2.75) is 26.4 Å². The highest BCUT2D eigenvalue weighted by molar-refractivity contribution is 7.17. The molecule has 0 aliphatic rings. The largest absolute Gasteiger partial charge is 0.392 e. The highest BCUT2D eigenvalue weighted by Crippen LogP contribution is 2.39. The van der Waals surface area contributed by atoms with Gasteiger partial charge in [0, 0.05) is 10.8 Å². The van der Waals surface area contributed by atoms with E-state index in [1.165, 1.54) is 16.9 Å². The van der Waals surface area contributed by atoms with E-state index in [9.17, 15) is 9.90 Å². The third-order valence-electron chi connectivity index (χ3n) is 4.69. The van der Waals surface area contributed by atoms with Crippen molar-refractivity contribution in [3.8, 4) is 11.1 Å². The second kappa shape index (κ2) is 6.88. The molecule has 5 heteroatoms. The van der Waals surface area contributed by atoms with Crippen LogP contribution in [0.4, 0.5) is 0 Å². The molecule has 0 unspecified atom stereocenters. The van der Waals surface area contributed by atoms with E-state index in [0.29, 0.717) is 15.2 Å². The third kappa shape index (κ3) is 2.75. The van der Waals surface area contributed by atoms with Crippen LogP contribution in [0.2, 0.25) is 5.02 Å². The van der Waals surface area contributed by atoms with Gasteiger partial charge in [-0.2, -0.15) is 0 Å². The second-order valence-corrected chi connectivity index (χ2v) is 7.69. The summed E-state index contributed by atoms with van der Waals surface area (Å²) in [6, 6.07) is 12.1. The number of hydrogen-bond acceptors (Lipinski definition) is 3. The predicted octanol–water partition coefficient (Wildman–Crippen LogP) is 5.51. The third-order valence-corrected chi connectivity index (χ3v) is 5.90. The number of aliphatic hydroxyl groups excluding tert-OH is 1. The Balaban J connectivity index is 2.11. The molecule has 3 nitrogen and oxygen atoms in total. The quantitative estimate of drug-likeness (QED) is 0.488. The number of aliphatic hydroxyl groups is 1. The molecular weight excluding hydrogens is 366 g/mol. The van der Waals surface area contributed by atoms with Gasteiger partial charge in [0.1, 0.15) is 4.70 Å². The van der Waals surface area contributed by atoms with Gasteiger partial charge in [0.25, 0.3) is 5.56 Å². The summed E-state index contributed by atoms with van der Waals surface area (Å²) in [5, 5.41) is 14.1. The van der Waals surface area contributed by atoms with Crippen molar-refractivity contribution >= 4 is 43.9 Å². The molecule has 2 heterocycles. The molecule has 0 atom stereocenters. The van der Waals surface area contributed by atoms with Gasteiger partial charge in [0.15, 0.2) is 0 Å². The number of aromatic nitrogens is 1. The van der Waals surface area contributed by atoms with Crippen LogP contribution in [-0.4, -0.2) is 10.1 Å². The first-order valence-corrected chi connectivity index (χ1v) is 9.84. The predicted molar refractivity (Wildman–Crippen MR) is 110 cm³/mol. The fraction of sp³-hybridized carbons (Fsp3) is 0.190. The Morgan fingerprint density at radius 3 is 2.65 bits per heavy atom. The summed E-state index contributed by atoms with van der Waals surface area (Å²) in [6.07, 6.45) is 2.14. The number of thiophene rings is 1. The molecule has 4 aromatic rings. The Kier molecular flexibility index (Phi) is 4.57. The number of aryl methyl sites for hydroxylation is 1. The Hall–Kier alpha value is -2.14. The van der Waals surface area contributed by atoms with Gasteiger partial charge in [-0.25, -0.2) is 0 Å². The van der Waals surface area contributed by atoms with Gasteiger partial charge in [-0.1, -0.05) is 49.2 Å². The molecule has 0 amide bonds. The highest BCUT2D eigenvalue weighted by atomic mass is 35.5. The van der Waals surface area contributed by atoms with Crippen molar-refractivity contribution < 1.29 is 5.11 Å². The summed E-state index contributed by atoms with van der Waals surface area (Å²) in [4.78, 5) is 15.3. The van der Waals surface area contributed by atoms with Crippen LogP contribution in [0.25, 0.3) is 32.1 Å². The van der Waals surface area contributed by atoms with Crippen LogP contribution in [-0.2, 0) is 13.0 Å². The molecular formula is C21H18ClNO2S. The summed E-state index contributed by atoms with van der Waals surface area (Å²) >= 11 is 7.84. The smallest absolute Gasteiger partial charge is 0.266 e. The van der Waals surface area contributed by atoms with Gasteiger partial charge in [-0.15, -0.1) is 11.3 Å². The number of fused-ring (bicyclic) bond motifs is 3. The number of benzene rings is 2. The Morgan fingerprint density at radius 1 is 1.19 bits per heavy atom. The van der Waals surface area contributed by atoms with Crippen molar-refractivity contribution in [1.29, 1.82) is 0 Å². The molecule has 0 saturated carbocycles. The van der Waals surface area contributed by atoms with Crippen molar-refractivity contribution in [3.63, 3.8) is 0 Å². The maximum atomic E-state index is 12.4. The second-order valence-electron chi connectivity index (χ2n) is 6.37. The fourth-order valence-corrected chi connectivity index (χ4v) is 4.60. The summed E-state index contributed by atoms with van der Waals surface area (Å²) in [5.74, 6) is 0. The standard InChI is InChI=1S/C21H18ClNO2S/c1-2-3-12-4-6-13(7-5-12)17-14(11-24)10-16(22)19-18(17)15-8-9-26-20(15)21(25)23-19/h4-10,24H,2-3,11H2,1H3,(H,23,25). The van der Waals surface area contributed by atoms with E-state index in [0.717, 1.165) is 40.3 Å². The minimum absolute atomic E-state index is 0.119. The number of nitrogens with one attached hydrogen (secondary N) is 1. The molecule has 0 aliphatic heterocycles. The van der Waals surface area contributed by atoms with Gasteiger partial charge >= 0.3 is 0 Å². The Labute approximate surface area is 159 Å². The number of rotatable bonds is 4. The van der Waals surface area contributed by atoms with Gasteiger partial charge in [-0.05, 0) is 46.2 Å². The van der Waals surface area contributed by atoms with E-state index >= 15 is 0 Å². The molecule has 0 bridgehead atoms.